The van der Waals surface area contributed by atoms with E-state index in [4.69, 9.17) is 14.6 Å². The molecule has 82 valence electrons. The molecule has 4 heteroatoms. The molecule has 0 aromatic rings. The fourth-order valence-corrected chi connectivity index (χ4v) is 2.70. The van der Waals surface area contributed by atoms with E-state index < -0.39 is 8.56 Å². The number of allylic oxidation sites excluding steroid dienone is 3. The molecular weight excluding hydrogens is 194 g/mol. The summed E-state index contributed by atoms with van der Waals surface area (Å²) >= 11 is 0. The van der Waals surface area contributed by atoms with E-state index in [0.717, 1.165) is 5.76 Å². The van der Waals surface area contributed by atoms with Gasteiger partial charge in [0.05, 0.1) is 5.76 Å². The van der Waals surface area contributed by atoms with E-state index in [1.54, 1.807) is 0 Å². The second-order valence-corrected chi connectivity index (χ2v) is 6.75. The number of hydrogen-bond donors (Lipinski definition) is 1. The summed E-state index contributed by atoms with van der Waals surface area (Å²) < 4.78 is 11.3. The number of hydrogen-bond acceptors (Lipinski definition) is 3. The van der Waals surface area contributed by atoms with Gasteiger partial charge in [0, 0.05) is 0 Å². The first-order valence-corrected chi connectivity index (χ1v) is 7.61. The number of rotatable bonds is 5. The van der Waals surface area contributed by atoms with Crippen molar-refractivity contribution in [2.75, 3.05) is 0 Å². The highest BCUT2D eigenvalue weighted by atomic mass is 28.4. The molecule has 0 rings (SSSR count). The molecule has 0 bridgehead atoms. The van der Waals surface area contributed by atoms with Crippen molar-refractivity contribution in [3.05, 3.63) is 24.0 Å². The molecule has 1 atom stereocenters. The largest absolute Gasteiger partial charge is 0.525 e. The van der Waals surface area contributed by atoms with Gasteiger partial charge in [-0.1, -0.05) is 12.2 Å². The van der Waals surface area contributed by atoms with Crippen LogP contribution in [0.2, 0.25) is 13.1 Å². The summed E-state index contributed by atoms with van der Waals surface area (Å²) in [6.07, 6.45) is 5.23. The normalized spacial score (nSPS) is 16.0. The molecule has 0 saturated carbocycles. The van der Waals surface area contributed by atoms with Crippen LogP contribution < -0.4 is 5.73 Å². The quantitative estimate of drug-likeness (QED) is 0.332. The lowest BCUT2D eigenvalue weighted by Crippen LogP contribution is -2.41. The van der Waals surface area contributed by atoms with Crippen LogP contribution >= 0.6 is 0 Å². The molecule has 2 N–H and O–H groups in total. The van der Waals surface area contributed by atoms with Crippen LogP contribution in [0.1, 0.15) is 20.8 Å². The zero-order chi connectivity index (χ0) is 11.2. The molecular formula is C10H21NO2Si. The minimum absolute atomic E-state index is 0.369. The molecule has 0 spiro atoms. The average Bonchev–Trinajstić information content (AvgIpc) is 2.02. The Morgan fingerprint density at radius 3 is 2.36 bits per heavy atom. The second kappa shape index (κ2) is 6.01. The van der Waals surface area contributed by atoms with E-state index in [-0.39, 0.29) is 6.23 Å². The van der Waals surface area contributed by atoms with E-state index in [1.807, 2.05) is 52.1 Å². The van der Waals surface area contributed by atoms with Gasteiger partial charge in [0.1, 0.15) is 6.23 Å². The van der Waals surface area contributed by atoms with E-state index in [2.05, 4.69) is 0 Å². The zero-order valence-electron chi connectivity index (χ0n) is 9.70. The van der Waals surface area contributed by atoms with E-state index in [1.165, 1.54) is 0 Å². The summed E-state index contributed by atoms with van der Waals surface area (Å²) in [6, 6.07) is 0. The summed E-state index contributed by atoms with van der Waals surface area (Å²) in [7, 11) is -2.13. The number of nitrogens with two attached hydrogens (primary N) is 1. The van der Waals surface area contributed by atoms with Crippen LogP contribution in [0.3, 0.4) is 0 Å². The van der Waals surface area contributed by atoms with E-state index in [0.29, 0.717) is 0 Å². The standard InChI is InChI=1S/C10H21NO2Si/c1-6-8-10(11)13-14(4,5)12-9(3)7-2/h6-8,10H,11H2,1-5H3. The van der Waals surface area contributed by atoms with Crippen LogP contribution in [-0.2, 0) is 8.85 Å². The van der Waals surface area contributed by atoms with Crippen LogP contribution in [0, 0.1) is 0 Å². The average molecular weight is 215 g/mol. The summed E-state index contributed by atoms with van der Waals surface area (Å²) in [5.74, 6) is 0.884. The summed E-state index contributed by atoms with van der Waals surface area (Å²) in [6.45, 7) is 9.72. The summed E-state index contributed by atoms with van der Waals surface area (Å²) in [5.41, 5.74) is 5.71. The SMILES string of the molecule is CC=CC(N)O[Si](C)(C)OC(C)=CC. The predicted octanol–water partition coefficient (Wildman–Crippen LogP) is 2.51. The van der Waals surface area contributed by atoms with Crippen LogP contribution in [0.4, 0.5) is 0 Å². The Kier molecular flexibility index (Phi) is 5.76. The van der Waals surface area contributed by atoms with Gasteiger partial charge in [-0.05, 0) is 39.9 Å². The Morgan fingerprint density at radius 2 is 1.93 bits per heavy atom. The first-order valence-electron chi connectivity index (χ1n) is 4.79. The van der Waals surface area contributed by atoms with Gasteiger partial charge < -0.3 is 14.6 Å². The maximum atomic E-state index is 5.71. The van der Waals surface area contributed by atoms with Gasteiger partial charge >= 0.3 is 8.56 Å². The lowest BCUT2D eigenvalue weighted by atomic mass is 10.5. The molecule has 0 aromatic heterocycles. The van der Waals surface area contributed by atoms with Gasteiger partial charge in [-0.2, -0.15) is 0 Å². The van der Waals surface area contributed by atoms with E-state index >= 15 is 0 Å². The Morgan fingerprint density at radius 1 is 1.36 bits per heavy atom. The highest BCUT2D eigenvalue weighted by molar-refractivity contribution is 6.64. The first-order chi connectivity index (χ1) is 6.41. The third kappa shape index (κ3) is 5.96. The van der Waals surface area contributed by atoms with E-state index in [9.17, 15) is 0 Å². The molecule has 0 saturated heterocycles. The van der Waals surface area contributed by atoms with Crippen LogP contribution in [0.5, 0.6) is 0 Å². The van der Waals surface area contributed by atoms with Gasteiger partial charge in [0.15, 0.2) is 0 Å². The minimum Gasteiger partial charge on any atom is -0.525 e. The topological polar surface area (TPSA) is 44.5 Å². The second-order valence-electron chi connectivity index (χ2n) is 3.51. The fraction of sp³-hybridized carbons (Fsp3) is 0.600. The molecule has 0 heterocycles. The highest BCUT2D eigenvalue weighted by Crippen LogP contribution is 2.13. The van der Waals surface area contributed by atoms with Crippen molar-refractivity contribution in [1.82, 2.24) is 0 Å². The Labute approximate surface area is 87.8 Å². The lowest BCUT2D eigenvalue weighted by molar-refractivity contribution is 0.178. The van der Waals surface area contributed by atoms with Crippen molar-refractivity contribution in [1.29, 1.82) is 0 Å². The monoisotopic (exact) mass is 215 g/mol. The molecule has 0 aliphatic heterocycles. The van der Waals surface area contributed by atoms with Gasteiger partial charge in [-0.15, -0.1) is 0 Å². The van der Waals surface area contributed by atoms with Crippen molar-refractivity contribution >= 4 is 8.56 Å². The lowest BCUT2D eigenvalue weighted by Gasteiger charge is -2.26. The maximum Gasteiger partial charge on any atom is 0.393 e. The molecule has 0 fully saturated rings. The first kappa shape index (κ1) is 13.4. The summed E-state index contributed by atoms with van der Waals surface area (Å²) in [4.78, 5) is 0. The highest BCUT2D eigenvalue weighted by Gasteiger charge is 2.28. The van der Waals surface area contributed by atoms with Crippen LogP contribution in [0.25, 0.3) is 0 Å². The predicted molar refractivity (Wildman–Crippen MR) is 61.9 cm³/mol. The molecule has 0 aromatic carbocycles. The van der Waals surface area contributed by atoms with Gasteiger partial charge in [-0.25, -0.2) is 0 Å². The molecule has 0 radical (unpaired) electrons. The Bertz CT molecular complexity index is 224. The van der Waals surface area contributed by atoms with Gasteiger partial charge in [0.2, 0.25) is 0 Å². The molecule has 14 heavy (non-hydrogen) atoms. The van der Waals surface area contributed by atoms with Crippen molar-refractivity contribution in [3.8, 4) is 0 Å². The van der Waals surface area contributed by atoms with Gasteiger partial charge in [-0.3, -0.25) is 0 Å². The smallest absolute Gasteiger partial charge is 0.393 e. The molecule has 1 unspecified atom stereocenters. The third-order valence-corrected chi connectivity index (χ3v) is 3.27. The Hall–Kier alpha value is -0.583. The minimum atomic E-state index is -2.13. The van der Waals surface area contributed by atoms with Crippen LogP contribution in [-0.4, -0.2) is 14.8 Å². The van der Waals surface area contributed by atoms with Crippen molar-refractivity contribution < 1.29 is 8.85 Å². The van der Waals surface area contributed by atoms with Crippen molar-refractivity contribution in [2.45, 2.75) is 40.1 Å². The van der Waals surface area contributed by atoms with Crippen molar-refractivity contribution in [2.24, 2.45) is 5.73 Å². The molecule has 0 aliphatic carbocycles. The third-order valence-electron chi connectivity index (χ3n) is 1.62. The molecule has 3 nitrogen and oxygen atoms in total. The molecule has 0 amide bonds. The van der Waals surface area contributed by atoms with Crippen molar-refractivity contribution in [3.63, 3.8) is 0 Å². The summed E-state index contributed by atoms with van der Waals surface area (Å²) in [5, 5.41) is 0. The Balaban J connectivity index is 4.19. The van der Waals surface area contributed by atoms with Crippen LogP contribution in [0.15, 0.2) is 24.0 Å². The maximum absolute atomic E-state index is 5.71. The fourth-order valence-electron chi connectivity index (χ4n) is 1.03. The zero-order valence-corrected chi connectivity index (χ0v) is 10.7. The molecule has 0 aliphatic rings. The van der Waals surface area contributed by atoms with Gasteiger partial charge in [0.25, 0.3) is 0 Å².